The molecule has 146 valence electrons. The molecule has 0 spiro atoms. The number of hydrogen-bond donors (Lipinski definition) is 0. The summed E-state index contributed by atoms with van der Waals surface area (Å²) in [6, 6.07) is 7.92. The summed E-state index contributed by atoms with van der Waals surface area (Å²) in [5, 5.41) is 13.1. The summed E-state index contributed by atoms with van der Waals surface area (Å²) in [4.78, 5) is 13.5. The van der Waals surface area contributed by atoms with E-state index in [4.69, 9.17) is 10.00 Å². The Morgan fingerprint density at radius 1 is 1.32 bits per heavy atom. The molecule has 2 heterocycles. The highest BCUT2D eigenvalue weighted by molar-refractivity contribution is 5.87. The molecule has 1 amide bonds. The highest BCUT2D eigenvalue weighted by Crippen LogP contribution is 2.30. The maximum absolute atomic E-state index is 12.7. The number of nitrogens with zero attached hydrogens (tertiary/aromatic N) is 4. The van der Waals surface area contributed by atoms with Crippen molar-refractivity contribution >= 4 is 5.91 Å². The fourth-order valence-electron chi connectivity index (χ4n) is 3.06. The van der Waals surface area contributed by atoms with E-state index >= 15 is 0 Å². The molecular formula is C19H17F3N4O2. The minimum Gasteiger partial charge on any atom is -0.369 e. The molecule has 9 heteroatoms. The SMILES string of the molecule is C=CC(=O)N1CC(OCc2ccc(C(F)(F)F)cc2)C(n2ccc(C#N)n2)C1. The smallest absolute Gasteiger partial charge is 0.369 e. The molecule has 2 atom stereocenters. The number of ether oxygens (including phenoxy) is 1. The van der Waals surface area contributed by atoms with Gasteiger partial charge in [0.1, 0.15) is 6.07 Å². The molecule has 0 N–H and O–H groups in total. The van der Waals surface area contributed by atoms with E-state index in [1.807, 2.05) is 6.07 Å². The van der Waals surface area contributed by atoms with Crippen LogP contribution in [0.3, 0.4) is 0 Å². The molecule has 6 nitrogen and oxygen atoms in total. The van der Waals surface area contributed by atoms with Crippen LogP contribution in [0.2, 0.25) is 0 Å². The summed E-state index contributed by atoms with van der Waals surface area (Å²) in [6.45, 7) is 4.18. The van der Waals surface area contributed by atoms with Gasteiger partial charge in [0.2, 0.25) is 5.91 Å². The Morgan fingerprint density at radius 3 is 2.61 bits per heavy atom. The predicted molar refractivity (Wildman–Crippen MR) is 92.8 cm³/mol. The number of hydrogen-bond acceptors (Lipinski definition) is 4. The molecule has 1 fully saturated rings. The van der Waals surface area contributed by atoms with Crippen LogP contribution in [-0.4, -0.2) is 39.8 Å². The number of carbonyl (C=O) groups excluding carboxylic acids is 1. The van der Waals surface area contributed by atoms with Gasteiger partial charge in [-0.3, -0.25) is 9.48 Å². The lowest BCUT2D eigenvalue weighted by atomic mass is 10.1. The van der Waals surface area contributed by atoms with E-state index < -0.39 is 17.8 Å². The number of halogens is 3. The van der Waals surface area contributed by atoms with Gasteiger partial charge in [-0.05, 0) is 29.8 Å². The molecule has 1 aliphatic heterocycles. The van der Waals surface area contributed by atoms with Gasteiger partial charge in [0.25, 0.3) is 0 Å². The number of carbonyl (C=O) groups is 1. The molecule has 1 aliphatic rings. The van der Waals surface area contributed by atoms with Crippen LogP contribution in [0.4, 0.5) is 13.2 Å². The van der Waals surface area contributed by atoms with E-state index in [0.29, 0.717) is 12.1 Å². The lowest BCUT2D eigenvalue weighted by Crippen LogP contribution is -2.28. The van der Waals surface area contributed by atoms with E-state index in [1.165, 1.54) is 18.2 Å². The van der Waals surface area contributed by atoms with Crippen molar-refractivity contribution in [2.75, 3.05) is 13.1 Å². The van der Waals surface area contributed by atoms with E-state index in [9.17, 15) is 18.0 Å². The molecule has 0 bridgehead atoms. The second kappa shape index (κ2) is 7.86. The monoisotopic (exact) mass is 390 g/mol. The number of alkyl halides is 3. The maximum Gasteiger partial charge on any atom is 0.416 e. The zero-order valence-corrected chi connectivity index (χ0v) is 14.8. The second-order valence-corrected chi connectivity index (χ2v) is 6.35. The first-order chi connectivity index (χ1) is 13.3. The van der Waals surface area contributed by atoms with Crippen LogP contribution < -0.4 is 0 Å². The maximum atomic E-state index is 12.7. The van der Waals surface area contributed by atoms with Gasteiger partial charge in [0, 0.05) is 19.3 Å². The van der Waals surface area contributed by atoms with Gasteiger partial charge in [-0.15, -0.1) is 0 Å². The number of likely N-dealkylation sites (tertiary alicyclic amines) is 1. The van der Waals surface area contributed by atoms with Crippen LogP contribution >= 0.6 is 0 Å². The molecular weight excluding hydrogens is 373 g/mol. The average molecular weight is 390 g/mol. The topological polar surface area (TPSA) is 71.2 Å². The Bertz CT molecular complexity index is 899. The first-order valence-corrected chi connectivity index (χ1v) is 8.46. The molecule has 3 rings (SSSR count). The third-order valence-electron chi connectivity index (χ3n) is 4.53. The normalized spacial score (nSPS) is 19.4. The standard InChI is InChI=1S/C19H17F3N4O2/c1-2-18(27)25-10-16(26-8-7-15(9-23)24-26)17(11-25)28-12-13-3-5-14(6-4-13)19(20,21)22/h2-8,16-17H,1,10-12H2. The molecule has 0 radical (unpaired) electrons. The Balaban J connectivity index is 1.72. The number of benzene rings is 1. The van der Waals surface area contributed by atoms with Crippen LogP contribution in [0, 0.1) is 11.3 Å². The van der Waals surface area contributed by atoms with E-state index in [-0.39, 0.29) is 30.8 Å². The lowest BCUT2D eigenvalue weighted by Gasteiger charge is -2.19. The van der Waals surface area contributed by atoms with Crippen LogP contribution in [0.5, 0.6) is 0 Å². The number of aromatic nitrogens is 2. The fourth-order valence-corrected chi connectivity index (χ4v) is 3.06. The van der Waals surface area contributed by atoms with Crippen molar-refractivity contribution in [3.8, 4) is 6.07 Å². The number of rotatable bonds is 5. The number of amides is 1. The van der Waals surface area contributed by atoms with Crippen molar-refractivity contribution in [1.82, 2.24) is 14.7 Å². The largest absolute Gasteiger partial charge is 0.416 e. The minimum absolute atomic E-state index is 0.0851. The van der Waals surface area contributed by atoms with Gasteiger partial charge in [-0.25, -0.2) is 0 Å². The highest BCUT2D eigenvalue weighted by Gasteiger charge is 2.37. The van der Waals surface area contributed by atoms with Crippen molar-refractivity contribution in [3.05, 3.63) is 66.0 Å². The van der Waals surface area contributed by atoms with E-state index in [2.05, 4.69) is 11.7 Å². The summed E-state index contributed by atoms with van der Waals surface area (Å²) < 4.78 is 45.5. The molecule has 0 saturated carbocycles. The van der Waals surface area contributed by atoms with Crippen molar-refractivity contribution < 1.29 is 22.7 Å². The van der Waals surface area contributed by atoms with Gasteiger partial charge < -0.3 is 9.64 Å². The first-order valence-electron chi connectivity index (χ1n) is 8.46. The molecule has 2 unspecified atom stereocenters. The third-order valence-corrected chi connectivity index (χ3v) is 4.53. The van der Waals surface area contributed by atoms with Crippen LogP contribution in [0.15, 0.2) is 49.2 Å². The van der Waals surface area contributed by atoms with Crippen molar-refractivity contribution in [3.63, 3.8) is 0 Å². The molecule has 0 aliphatic carbocycles. The molecule has 2 aromatic rings. The first kappa shape index (κ1) is 19.6. The van der Waals surface area contributed by atoms with Crippen LogP contribution in [0.25, 0.3) is 0 Å². The van der Waals surface area contributed by atoms with Crippen LogP contribution in [0.1, 0.15) is 22.9 Å². The summed E-state index contributed by atoms with van der Waals surface area (Å²) in [7, 11) is 0. The summed E-state index contributed by atoms with van der Waals surface area (Å²) >= 11 is 0. The minimum atomic E-state index is -4.39. The summed E-state index contributed by atoms with van der Waals surface area (Å²) in [5.41, 5.74) is 0.103. The Labute approximate surface area is 159 Å². The predicted octanol–water partition coefficient (Wildman–Crippen LogP) is 2.93. The summed E-state index contributed by atoms with van der Waals surface area (Å²) in [6.07, 6.45) is -1.98. The molecule has 28 heavy (non-hydrogen) atoms. The van der Waals surface area contributed by atoms with Gasteiger partial charge in [0.05, 0.1) is 24.3 Å². The number of nitriles is 1. The Morgan fingerprint density at radius 2 is 2.04 bits per heavy atom. The van der Waals surface area contributed by atoms with Crippen LogP contribution in [-0.2, 0) is 22.3 Å². The average Bonchev–Trinajstić information content (AvgIpc) is 3.32. The van der Waals surface area contributed by atoms with Gasteiger partial charge in [-0.1, -0.05) is 18.7 Å². The van der Waals surface area contributed by atoms with Gasteiger partial charge in [-0.2, -0.15) is 23.5 Å². The zero-order valence-electron chi connectivity index (χ0n) is 14.8. The Kier molecular flexibility index (Phi) is 5.51. The van der Waals surface area contributed by atoms with Gasteiger partial charge in [0.15, 0.2) is 5.69 Å². The molecule has 1 saturated heterocycles. The fraction of sp³-hybridized carbons (Fsp3) is 0.316. The summed E-state index contributed by atoms with van der Waals surface area (Å²) in [5.74, 6) is -0.252. The highest BCUT2D eigenvalue weighted by atomic mass is 19.4. The quantitative estimate of drug-likeness (QED) is 0.736. The van der Waals surface area contributed by atoms with Crippen molar-refractivity contribution in [2.24, 2.45) is 0 Å². The third kappa shape index (κ3) is 4.23. The Hall–Kier alpha value is -3.12. The van der Waals surface area contributed by atoms with Gasteiger partial charge >= 0.3 is 6.18 Å². The van der Waals surface area contributed by atoms with E-state index in [0.717, 1.165) is 12.1 Å². The molecule has 1 aromatic carbocycles. The van der Waals surface area contributed by atoms with Crippen molar-refractivity contribution in [1.29, 1.82) is 5.26 Å². The molecule has 1 aromatic heterocycles. The lowest BCUT2D eigenvalue weighted by molar-refractivity contribution is -0.137. The van der Waals surface area contributed by atoms with Crippen molar-refractivity contribution in [2.45, 2.75) is 24.9 Å². The second-order valence-electron chi connectivity index (χ2n) is 6.35. The van der Waals surface area contributed by atoms with E-state index in [1.54, 1.807) is 21.8 Å². The zero-order chi connectivity index (χ0) is 20.3.